The summed E-state index contributed by atoms with van der Waals surface area (Å²) in [5, 5.41) is 2.78. The van der Waals surface area contributed by atoms with Crippen molar-refractivity contribution in [3.63, 3.8) is 0 Å². The van der Waals surface area contributed by atoms with Gasteiger partial charge in [-0.15, -0.1) is 0 Å². The number of hydrogen-bond acceptors (Lipinski definition) is 4. The molecule has 1 amide bonds. The number of nitrogens with one attached hydrogen (secondary N) is 1. The highest BCUT2D eigenvalue weighted by Gasteiger charge is 2.13. The van der Waals surface area contributed by atoms with Gasteiger partial charge in [-0.25, -0.2) is 4.98 Å². The molecule has 5 heteroatoms. The molecule has 0 aliphatic carbocycles. The van der Waals surface area contributed by atoms with Gasteiger partial charge in [0.1, 0.15) is 5.82 Å². The molecule has 1 aliphatic rings. The second-order valence-electron chi connectivity index (χ2n) is 4.96. The van der Waals surface area contributed by atoms with E-state index in [9.17, 15) is 4.79 Å². The summed E-state index contributed by atoms with van der Waals surface area (Å²) in [6.07, 6.45) is 6.09. The fourth-order valence-corrected chi connectivity index (χ4v) is 2.19. The van der Waals surface area contributed by atoms with E-state index in [1.54, 1.807) is 6.20 Å². The average Bonchev–Trinajstić information content (AvgIpc) is 2.48. The molecule has 1 saturated heterocycles. The van der Waals surface area contributed by atoms with E-state index in [0.717, 1.165) is 18.9 Å². The summed E-state index contributed by atoms with van der Waals surface area (Å²) in [6.45, 7) is 4.03. The van der Waals surface area contributed by atoms with E-state index in [-0.39, 0.29) is 5.91 Å². The number of nitrogens with two attached hydrogens (primary N) is 1. The monoisotopic (exact) mass is 262 g/mol. The molecule has 1 atom stereocenters. The molecular formula is C14H22N4O. The van der Waals surface area contributed by atoms with Gasteiger partial charge in [-0.1, -0.05) is 6.92 Å². The van der Waals surface area contributed by atoms with E-state index in [1.807, 2.05) is 19.1 Å². The van der Waals surface area contributed by atoms with Crippen LogP contribution in [-0.2, 0) is 4.79 Å². The van der Waals surface area contributed by atoms with Crippen LogP contribution >= 0.6 is 0 Å². The van der Waals surface area contributed by atoms with Crippen LogP contribution in [0.5, 0.6) is 0 Å². The van der Waals surface area contributed by atoms with Crippen molar-refractivity contribution in [2.75, 3.05) is 23.3 Å². The lowest BCUT2D eigenvalue weighted by Crippen LogP contribution is -2.35. The summed E-state index contributed by atoms with van der Waals surface area (Å²) < 4.78 is 0. The largest absolute Gasteiger partial charge is 0.357 e. The first-order valence-electron chi connectivity index (χ1n) is 6.98. The number of amides is 1. The van der Waals surface area contributed by atoms with E-state index in [0.29, 0.717) is 12.1 Å². The van der Waals surface area contributed by atoms with Gasteiger partial charge in [-0.2, -0.15) is 0 Å². The normalized spacial score (nSPS) is 17.1. The van der Waals surface area contributed by atoms with E-state index < -0.39 is 6.04 Å². The number of piperidine rings is 1. The molecule has 0 saturated carbocycles. The molecule has 1 unspecified atom stereocenters. The third-order valence-electron chi connectivity index (χ3n) is 3.47. The van der Waals surface area contributed by atoms with Gasteiger partial charge in [0.05, 0.1) is 17.9 Å². The number of aromatic nitrogens is 1. The first-order chi connectivity index (χ1) is 9.20. The zero-order valence-corrected chi connectivity index (χ0v) is 11.4. The van der Waals surface area contributed by atoms with E-state index in [4.69, 9.17) is 5.73 Å². The van der Waals surface area contributed by atoms with E-state index >= 15 is 0 Å². The molecule has 0 radical (unpaired) electrons. The number of pyridine rings is 1. The molecule has 2 rings (SSSR count). The van der Waals surface area contributed by atoms with Gasteiger partial charge in [-0.05, 0) is 37.8 Å². The van der Waals surface area contributed by atoms with Crippen LogP contribution in [0.2, 0.25) is 0 Å². The number of nitrogens with zero attached hydrogens (tertiary/aromatic N) is 2. The topological polar surface area (TPSA) is 71.2 Å². The lowest BCUT2D eigenvalue weighted by Gasteiger charge is -2.27. The molecule has 1 aliphatic heterocycles. The van der Waals surface area contributed by atoms with Crippen molar-refractivity contribution >= 4 is 17.4 Å². The summed E-state index contributed by atoms with van der Waals surface area (Å²) in [7, 11) is 0. The minimum absolute atomic E-state index is 0.157. The average molecular weight is 262 g/mol. The zero-order valence-electron chi connectivity index (χ0n) is 11.4. The van der Waals surface area contributed by atoms with Gasteiger partial charge in [-0.3, -0.25) is 4.79 Å². The first-order valence-corrected chi connectivity index (χ1v) is 6.98. The molecule has 19 heavy (non-hydrogen) atoms. The van der Waals surface area contributed by atoms with Gasteiger partial charge in [0, 0.05) is 13.1 Å². The highest BCUT2D eigenvalue weighted by molar-refractivity contribution is 5.94. The van der Waals surface area contributed by atoms with Crippen LogP contribution in [0.3, 0.4) is 0 Å². The van der Waals surface area contributed by atoms with Gasteiger partial charge >= 0.3 is 0 Å². The van der Waals surface area contributed by atoms with Crippen LogP contribution in [0, 0.1) is 0 Å². The molecule has 3 N–H and O–H groups in total. The van der Waals surface area contributed by atoms with Gasteiger partial charge in [0.15, 0.2) is 0 Å². The zero-order chi connectivity index (χ0) is 13.7. The Balaban J connectivity index is 1.96. The van der Waals surface area contributed by atoms with E-state index in [1.165, 1.54) is 19.3 Å². The highest BCUT2D eigenvalue weighted by Crippen LogP contribution is 2.18. The summed E-state index contributed by atoms with van der Waals surface area (Å²) in [6, 6.07) is 3.39. The Morgan fingerprint density at radius 2 is 2.16 bits per heavy atom. The summed E-state index contributed by atoms with van der Waals surface area (Å²) in [5.74, 6) is 0.826. The minimum atomic E-state index is -0.457. The Kier molecular flexibility index (Phi) is 4.74. The maximum Gasteiger partial charge on any atom is 0.241 e. The number of anilines is 2. The predicted molar refractivity (Wildman–Crippen MR) is 77.2 cm³/mol. The van der Waals surface area contributed by atoms with Gasteiger partial charge < -0.3 is 16.0 Å². The first kappa shape index (κ1) is 13.8. The van der Waals surface area contributed by atoms with Crippen molar-refractivity contribution in [2.24, 2.45) is 5.73 Å². The Hall–Kier alpha value is -1.62. The molecular weight excluding hydrogens is 240 g/mol. The van der Waals surface area contributed by atoms with Crippen LogP contribution in [0.4, 0.5) is 11.5 Å². The molecule has 5 nitrogen and oxygen atoms in total. The third-order valence-corrected chi connectivity index (χ3v) is 3.47. The molecule has 0 aromatic carbocycles. The Morgan fingerprint density at radius 3 is 2.74 bits per heavy atom. The highest BCUT2D eigenvalue weighted by atomic mass is 16.2. The van der Waals surface area contributed by atoms with Crippen molar-refractivity contribution in [2.45, 2.75) is 38.6 Å². The lowest BCUT2D eigenvalue weighted by molar-refractivity contribution is -0.117. The lowest BCUT2D eigenvalue weighted by atomic mass is 10.1. The molecule has 1 aromatic rings. The summed E-state index contributed by atoms with van der Waals surface area (Å²) in [4.78, 5) is 18.4. The number of carbonyl (C=O) groups is 1. The fraction of sp³-hybridized carbons (Fsp3) is 0.571. The predicted octanol–water partition coefficient (Wildman–Crippen LogP) is 1.75. The summed E-state index contributed by atoms with van der Waals surface area (Å²) >= 11 is 0. The third kappa shape index (κ3) is 3.67. The van der Waals surface area contributed by atoms with Crippen molar-refractivity contribution in [1.29, 1.82) is 0 Å². The number of rotatable bonds is 4. The second kappa shape index (κ2) is 6.52. The molecule has 0 bridgehead atoms. The molecule has 1 aromatic heterocycles. The van der Waals surface area contributed by atoms with Gasteiger partial charge in [0.2, 0.25) is 5.91 Å². The van der Waals surface area contributed by atoms with Crippen molar-refractivity contribution in [3.8, 4) is 0 Å². The van der Waals surface area contributed by atoms with E-state index in [2.05, 4.69) is 15.2 Å². The minimum Gasteiger partial charge on any atom is -0.357 e. The maximum atomic E-state index is 11.7. The summed E-state index contributed by atoms with van der Waals surface area (Å²) in [5.41, 5.74) is 6.37. The van der Waals surface area contributed by atoms with Crippen LogP contribution in [0.25, 0.3) is 0 Å². The molecule has 2 heterocycles. The quantitative estimate of drug-likeness (QED) is 0.867. The van der Waals surface area contributed by atoms with Crippen LogP contribution in [0.15, 0.2) is 18.3 Å². The Bertz CT molecular complexity index is 412. The smallest absolute Gasteiger partial charge is 0.241 e. The standard InChI is InChI=1S/C14H22N4O/c1-2-12(15)14(19)17-11-6-7-13(16-10-11)18-8-4-3-5-9-18/h6-7,10,12H,2-5,8-9,15H2,1H3,(H,17,19). The van der Waals surface area contributed by atoms with Crippen LogP contribution in [-0.4, -0.2) is 30.0 Å². The van der Waals surface area contributed by atoms with Crippen molar-refractivity contribution in [3.05, 3.63) is 18.3 Å². The van der Waals surface area contributed by atoms with Crippen LogP contribution in [0.1, 0.15) is 32.6 Å². The van der Waals surface area contributed by atoms with Crippen molar-refractivity contribution in [1.82, 2.24) is 4.98 Å². The fourth-order valence-electron chi connectivity index (χ4n) is 2.19. The SMILES string of the molecule is CCC(N)C(=O)Nc1ccc(N2CCCCC2)nc1. The Morgan fingerprint density at radius 1 is 1.42 bits per heavy atom. The molecule has 104 valence electrons. The number of hydrogen-bond donors (Lipinski definition) is 2. The van der Waals surface area contributed by atoms with Crippen LogP contribution < -0.4 is 16.0 Å². The van der Waals surface area contributed by atoms with Gasteiger partial charge in [0.25, 0.3) is 0 Å². The molecule has 1 fully saturated rings. The van der Waals surface area contributed by atoms with Crippen molar-refractivity contribution < 1.29 is 4.79 Å². The number of carbonyl (C=O) groups excluding carboxylic acids is 1. The maximum absolute atomic E-state index is 11.7. The molecule has 0 spiro atoms. The second-order valence-corrected chi connectivity index (χ2v) is 4.96. The Labute approximate surface area is 114 Å².